The smallest absolute Gasteiger partial charge is 0.119 e. The van der Waals surface area contributed by atoms with Gasteiger partial charge in [0, 0.05) is 38.2 Å². The zero-order valence-corrected chi connectivity index (χ0v) is 13.3. The van der Waals surface area contributed by atoms with Gasteiger partial charge in [0.1, 0.15) is 5.75 Å². The molecule has 2 rings (SSSR count). The summed E-state index contributed by atoms with van der Waals surface area (Å²) in [5, 5.41) is 8.87. The second-order valence-corrected chi connectivity index (χ2v) is 4.88. The molecular weight excluding hydrogens is 299 g/mol. The Morgan fingerprint density at radius 2 is 2.10 bits per heavy atom. The van der Waals surface area contributed by atoms with E-state index in [1.165, 1.54) is 5.56 Å². The number of aliphatic hydroxyl groups is 1. The molecular formula is C14H24Cl2N2O2. The zero-order chi connectivity index (χ0) is 13.0. The molecule has 0 amide bonds. The van der Waals surface area contributed by atoms with Gasteiger partial charge in [-0.15, -0.1) is 24.8 Å². The van der Waals surface area contributed by atoms with Gasteiger partial charge in [0.25, 0.3) is 0 Å². The number of rotatable bonds is 5. The summed E-state index contributed by atoms with van der Waals surface area (Å²) < 4.78 is 5.25. The number of hydrogen-bond donors (Lipinski definition) is 2. The molecule has 0 aliphatic carbocycles. The Hall–Kier alpha value is -0.520. The molecule has 1 fully saturated rings. The van der Waals surface area contributed by atoms with E-state index in [1.807, 2.05) is 12.1 Å². The largest absolute Gasteiger partial charge is 0.497 e. The van der Waals surface area contributed by atoms with Crippen molar-refractivity contribution in [3.8, 4) is 5.75 Å². The molecule has 0 unspecified atom stereocenters. The van der Waals surface area contributed by atoms with Gasteiger partial charge in [-0.1, -0.05) is 12.1 Å². The number of nitrogens with zero attached hydrogens (tertiary/aromatic N) is 1. The molecule has 0 aromatic heterocycles. The first-order valence-corrected chi connectivity index (χ1v) is 6.47. The fraction of sp³-hybridized carbons (Fsp3) is 0.571. The monoisotopic (exact) mass is 322 g/mol. The van der Waals surface area contributed by atoms with Gasteiger partial charge in [0.15, 0.2) is 0 Å². The third kappa shape index (κ3) is 4.79. The Kier molecular flexibility index (Phi) is 9.18. The van der Waals surface area contributed by atoms with Crippen molar-refractivity contribution in [2.45, 2.75) is 18.4 Å². The second-order valence-electron chi connectivity index (χ2n) is 4.88. The molecule has 1 aliphatic rings. The fourth-order valence-electron chi connectivity index (χ4n) is 2.62. The molecule has 0 radical (unpaired) electrons. The first-order valence-electron chi connectivity index (χ1n) is 6.47. The summed E-state index contributed by atoms with van der Waals surface area (Å²) in [4.78, 5) is 2.32. The first-order chi connectivity index (χ1) is 8.74. The lowest BCUT2D eigenvalue weighted by Crippen LogP contribution is -2.29. The predicted molar refractivity (Wildman–Crippen MR) is 86.3 cm³/mol. The van der Waals surface area contributed by atoms with Crippen LogP contribution in [0, 0.1) is 0 Å². The van der Waals surface area contributed by atoms with Crippen LogP contribution in [-0.4, -0.2) is 49.4 Å². The quantitative estimate of drug-likeness (QED) is 0.865. The number of methoxy groups -OCH3 is 1. The van der Waals surface area contributed by atoms with Crippen LogP contribution in [0.25, 0.3) is 0 Å². The van der Waals surface area contributed by atoms with Gasteiger partial charge >= 0.3 is 0 Å². The summed E-state index contributed by atoms with van der Waals surface area (Å²) in [6, 6.07) is 8.31. The van der Waals surface area contributed by atoms with Crippen molar-refractivity contribution < 1.29 is 9.84 Å². The van der Waals surface area contributed by atoms with E-state index >= 15 is 0 Å². The van der Waals surface area contributed by atoms with Crippen molar-refractivity contribution in [3.05, 3.63) is 29.8 Å². The molecule has 2 atom stereocenters. The summed E-state index contributed by atoms with van der Waals surface area (Å²) in [7, 11) is 1.68. The molecule has 116 valence electrons. The van der Waals surface area contributed by atoms with Crippen LogP contribution in [-0.2, 0) is 0 Å². The molecule has 3 N–H and O–H groups in total. The lowest BCUT2D eigenvalue weighted by atomic mass is 9.95. The van der Waals surface area contributed by atoms with Crippen molar-refractivity contribution in [1.82, 2.24) is 4.90 Å². The number of nitrogens with two attached hydrogens (primary N) is 1. The standard InChI is InChI=1S/C14H22N2O2.2ClH/c1-18-12-5-2-4-11(8-12)13-9-16(6-3-7-17)10-14(13)15;;/h2,4-5,8,13-14,17H,3,6-7,9-10,15H2,1H3;2*1H/t13-,14+;;/m1../s1. The third-order valence-electron chi connectivity index (χ3n) is 3.60. The van der Waals surface area contributed by atoms with E-state index < -0.39 is 0 Å². The molecule has 20 heavy (non-hydrogen) atoms. The predicted octanol–water partition coefficient (Wildman–Crippen LogP) is 1.65. The van der Waals surface area contributed by atoms with Gasteiger partial charge in [-0.25, -0.2) is 0 Å². The second kappa shape index (κ2) is 9.42. The van der Waals surface area contributed by atoms with Gasteiger partial charge in [-0.05, 0) is 24.1 Å². The van der Waals surface area contributed by atoms with Crippen LogP contribution >= 0.6 is 24.8 Å². The van der Waals surface area contributed by atoms with E-state index in [0.717, 1.165) is 31.8 Å². The third-order valence-corrected chi connectivity index (χ3v) is 3.60. The van der Waals surface area contributed by atoms with E-state index in [2.05, 4.69) is 17.0 Å². The van der Waals surface area contributed by atoms with E-state index in [1.54, 1.807) is 7.11 Å². The summed E-state index contributed by atoms with van der Waals surface area (Å²) in [6.07, 6.45) is 0.817. The average molecular weight is 323 g/mol. The minimum Gasteiger partial charge on any atom is -0.497 e. The molecule has 6 heteroatoms. The van der Waals surface area contributed by atoms with Crippen LogP contribution in [0.5, 0.6) is 5.75 Å². The van der Waals surface area contributed by atoms with Crippen LogP contribution in [0.4, 0.5) is 0 Å². The van der Waals surface area contributed by atoms with Crippen LogP contribution in [0.2, 0.25) is 0 Å². The van der Waals surface area contributed by atoms with E-state index in [9.17, 15) is 0 Å². The fourth-order valence-corrected chi connectivity index (χ4v) is 2.62. The highest BCUT2D eigenvalue weighted by molar-refractivity contribution is 5.85. The Balaban J connectivity index is 0.00000180. The number of halogens is 2. The minimum atomic E-state index is 0. The summed E-state index contributed by atoms with van der Waals surface area (Å²) in [6.45, 7) is 3.04. The van der Waals surface area contributed by atoms with Crippen LogP contribution in [0.3, 0.4) is 0 Å². The molecule has 0 spiro atoms. The highest BCUT2D eigenvalue weighted by Gasteiger charge is 2.30. The van der Waals surface area contributed by atoms with Gasteiger partial charge in [0.05, 0.1) is 7.11 Å². The first kappa shape index (κ1) is 19.5. The Morgan fingerprint density at radius 1 is 1.35 bits per heavy atom. The normalized spacial score (nSPS) is 21.9. The number of hydrogen-bond acceptors (Lipinski definition) is 4. The molecule has 4 nitrogen and oxygen atoms in total. The summed E-state index contributed by atoms with van der Waals surface area (Å²) >= 11 is 0. The lowest BCUT2D eigenvalue weighted by Gasteiger charge is -2.16. The SMILES string of the molecule is COc1cccc([C@H]2CN(CCCO)C[C@@H]2N)c1.Cl.Cl. The molecule has 0 bridgehead atoms. The minimum absolute atomic E-state index is 0. The molecule has 0 saturated carbocycles. The molecule has 1 aromatic carbocycles. The topological polar surface area (TPSA) is 58.7 Å². The maximum absolute atomic E-state index is 8.87. The molecule has 1 heterocycles. The number of benzene rings is 1. The Bertz CT molecular complexity index is 393. The maximum Gasteiger partial charge on any atom is 0.119 e. The van der Waals surface area contributed by atoms with Gasteiger partial charge in [0.2, 0.25) is 0 Å². The Morgan fingerprint density at radius 3 is 2.75 bits per heavy atom. The number of ether oxygens (including phenoxy) is 1. The Labute approximate surface area is 133 Å². The van der Waals surface area contributed by atoms with Gasteiger partial charge in [-0.3, -0.25) is 0 Å². The number of likely N-dealkylation sites (tertiary alicyclic amines) is 1. The highest BCUT2D eigenvalue weighted by atomic mass is 35.5. The molecule has 1 aliphatic heterocycles. The van der Waals surface area contributed by atoms with Crippen molar-refractivity contribution in [2.24, 2.45) is 5.73 Å². The van der Waals surface area contributed by atoms with Crippen LogP contribution in [0.15, 0.2) is 24.3 Å². The van der Waals surface area contributed by atoms with Crippen LogP contribution < -0.4 is 10.5 Å². The van der Waals surface area contributed by atoms with Crippen LogP contribution in [0.1, 0.15) is 17.9 Å². The number of aliphatic hydroxyl groups excluding tert-OH is 1. The maximum atomic E-state index is 8.87. The van der Waals surface area contributed by atoms with E-state index in [-0.39, 0.29) is 37.5 Å². The average Bonchev–Trinajstić information content (AvgIpc) is 2.77. The van der Waals surface area contributed by atoms with E-state index in [4.69, 9.17) is 15.6 Å². The van der Waals surface area contributed by atoms with Gasteiger partial charge < -0.3 is 20.5 Å². The highest BCUT2D eigenvalue weighted by Crippen LogP contribution is 2.28. The zero-order valence-electron chi connectivity index (χ0n) is 11.7. The molecule has 1 saturated heterocycles. The van der Waals surface area contributed by atoms with Crippen molar-refractivity contribution >= 4 is 24.8 Å². The van der Waals surface area contributed by atoms with Crippen molar-refractivity contribution in [3.63, 3.8) is 0 Å². The molecule has 1 aromatic rings. The van der Waals surface area contributed by atoms with E-state index in [0.29, 0.717) is 5.92 Å². The van der Waals surface area contributed by atoms with Crippen molar-refractivity contribution in [2.75, 3.05) is 33.4 Å². The van der Waals surface area contributed by atoms with Gasteiger partial charge in [-0.2, -0.15) is 0 Å². The lowest BCUT2D eigenvalue weighted by molar-refractivity contribution is 0.246. The summed E-state index contributed by atoms with van der Waals surface area (Å²) in [5.41, 5.74) is 7.46. The van der Waals surface area contributed by atoms with Crippen molar-refractivity contribution in [1.29, 1.82) is 0 Å². The summed E-state index contributed by atoms with van der Waals surface area (Å²) in [5.74, 6) is 1.24.